The van der Waals surface area contributed by atoms with Crippen molar-refractivity contribution in [2.24, 2.45) is 0 Å². The molecule has 1 heterocycles. The standard InChI is InChI=1S/C35H38N2O4S/c1-4-21-40-33(38)36-25-27(3)23-31-24-32(26-37(31)34(39)41-22-5-2)42-35(28-15-9-6-10-16-28,29-17-11-7-12-18-29)30-19-13-8-14-20-30/h4-20,23,31-32H,1-2,21-22,24-26H2,3H3,(H,36,38)/b27-23+/t31-,32+/m1/s1. The van der Waals surface area contributed by atoms with Crippen LogP contribution in [-0.2, 0) is 14.2 Å². The number of benzene rings is 3. The molecule has 0 spiro atoms. The first-order valence-corrected chi connectivity index (χ1v) is 14.9. The van der Waals surface area contributed by atoms with Gasteiger partial charge in [0.25, 0.3) is 0 Å². The molecule has 0 saturated carbocycles. The van der Waals surface area contributed by atoms with Crippen molar-refractivity contribution in [1.82, 2.24) is 10.2 Å². The first-order valence-electron chi connectivity index (χ1n) is 14.1. The summed E-state index contributed by atoms with van der Waals surface area (Å²) in [5, 5.41) is 2.84. The van der Waals surface area contributed by atoms with E-state index < -0.39 is 10.8 Å². The SMILES string of the molecule is C=CCOC(=O)NC/C(C)=C/[C@@H]1C[C@H](SC(c2ccccc2)(c2ccccc2)c2ccccc2)CN1C(=O)OCC=C. The van der Waals surface area contributed by atoms with Gasteiger partial charge in [-0.05, 0) is 30.0 Å². The maximum absolute atomic E-state index is 13.2. The normalized spacial score (nSPS) is 16.9. The number of thioether (sulfide) groups is 1. The zero-order valence-electron chi connectivity index (χ0n) is 24.0. The number of amides is 2. The lowest BCUT2D eigenvalue weighted by atomic mass is 9.84. The number of likely N-dealkylation sites (tertiary alicyclic amines) is 1. The number of ether oxygens (including phenoxy) is 2. The second-order valence-electron chi connectivity index (χ2n) is 10.1. The molecule has 6 nitrogen and oxygen atoms in total. The first-order chi connectivity index (χ1) is 20.5. The van der Waals surface area contributed by atoms with E-state index in [0.717, 1.165) is 12.0 Å². The van der Waals surface area contributed by atoms with E-state index in [1.807, 2.05) is 43.0 Å². The van der Waals surface area contributed by atoms with Gasteiger partial charge in [-0.1, -0.05) is 128 Å². The predicted octanol–water partition coefficient (Wildman–Crippen LogP) is 7.34. The van der Waals surface area contributed by atoms with Gasteiger partial charge in [-0.15, -0.1) is 11.8 Å². The van der Waals surface area contributed by atoms with Gasteiger partial charge in [0.05, 0.1) is 10.8 Å². The van der Waals surface area contributed by atoms with Crippen molar-refractivity contribution < 1.29 is 19.1 Å². The summed E-state index contributed by atoms with van der Waals surface area (Å²) in [5.41, 5.74) is 4.44. The highest BCUT2D eigenvalue weighted by Crippen LogP contribution is 2.52. The third-order valence-electron chi connectivity index (χ3n) is 7.07. The largest absolute Gasteiger partial charge is 0.445 e. The zero-order valence-corrected chi connectivity index (χ0v) is 24.8. The van der Waals surface area contributed by atoms with E-state index in [-0.39, 0.29) is 30.6 Å². The van der Waals surface area contributed by atoms with Gasteiger partial charge in [0, 0.05) is 18.3 Å². The Morgan fingerprint density at radius 2 is 1.38 bits per heavy atom. The molecule has 3 aromatic rings. The summed E-state index contributed by atoms with van der Waals surface area (Å²) in [5.74, 6) is 0. The van der Waals surface area contributed by atoms with E-state index in [1.165, 1.54) is 22.8 Å². The summed E-state index contributed by atoms with van der Waals surface area (Å²) in [6.45, 7) is 10.3. The predicted molar refractivity (Wildman–Crippen MR) is 171 cm³/mol. The van der Waals surface area contributed by atoms with Crippen LogP contribution in [0.3, 0.4) is 0 Å². The Bertz CT molecular complexity index is 1260. The molecule has 0 aliphatic carbocycles. The minimum atomic E-state index is -0.511. The van der Waals surface area contributed by atoms with Crippen LogP contribution in [0.4, 0.5) is 9.59 Å². The van der Waals surface area contributed by atoms with Crippen molar-refractivity contribution in [3.8, 4) is 0 Å². The summed E-state index contributed by atoms with van der Waals surface area (Å²) >= 11 is 1.86. The average Bonchev–Trinajstić information content (AvgIpc) is 3.43. The Balaban J connectivity index is 1.68. The lowest BCUT2D eigenvalue weighted by molar-refractivity contribution is 0.114. The topological polar surface area (TPSA) is 67.9 Å². The second-order valence-corrected chi connectivity index (χ2v) is 11.6. The molecule has 1 aliphatic heterocycles. The first kappa shape index (κ1) is 30.7. The fourth-order valence-electron chi connectivity index (χ4n) is 5.25. The molecule has 1 aliphatic rings. The van der Waals surface area contributed by atoms with Crippen molar-refractivity contribution >= 4 is 23.9 Å². The monoisotopic (exact) mass is 582 g/mol. The molecule has 0 aromatic heterocycles. The molecular formula is C35H38N2O4S. The van der Waals surface area contributed by atoms with Crippen LogP contribution < -0.4 is 5.32 Å². The summed E-state index contributed by atoms with van der Waals surface area (Å²) in [6, 6.07) is 31.4. The fraction of sp³-hybridized carbons (Fsp3) is 0.257. The number of carbonyl (C=O) groups is 2. The number of nitrogens with zero attached hydrogens (tertiary/aromatic N) is 1. The van der Waals surface area contributed by atoms with Crippen molar-refractivity contribution in [2.75, 3.05) is 26.3 Å². The molecule has 2 atom stereocenters. The van der Waals surface area contributed by atoms with Crippen LogP contribution in [0, 0.1) is 0 Å². The summed E-state index contributed by atoms with van der Waals surface area (Å²) in [6.07, 6.45) is 4.96. The Kier molecular flexibility index (Phi) is 11.1. The van der Waals surface area contributed by atoms with Gasteiger partial charge < -0.3 is 19.7 Å². The zero-order chi connectivity index (χ0) is 29.8. The number of hydrogen-bond donors (Lipinski definition) is 1. The van der Waals surface area contributed by atoms with Crippen molar-refractivity contribution in [1.29, 1.82) is 0 Å². The van der Waals surface area contributed by atoms with Gasteiger partial charge in [-0.2, -0.15) is 0 Å². The summed E-state index contributed by atoms with van der Waals surface area (Å²) in [4.78, 5) is 26.9. The van der Waals surface area contributed by atoms with Crippen molar-refractivity contribution in [3.63, 3.8) is 0 Å². The molecule has 1 fully saturated rings. The Labute approximate surface area is 253 Å². The lowest BCUT2D eigenvalue weighted by Gasteiger charge is -2.37. The maximum Gasteiger partial charge on any atom is 0.410 e. The molecule has 2 amide bonds. The molecule has 7 heteroatoms. The number of nitrogens with one attached hydrogen (secondary N) is 1. The highest BCUT2D eigenvalue weighted by Gasteiger charge is 2.44. The van der Waals surface area contributed by atoms with E-state index in [9.17, 15) is 9.59 Å². The molecule has 1 N–H and O–H groups in total. The third kappa shape index (κ3) is 7.53. The highest BCUT2D eigenvalue weighted by atomic mass is 32.2. The van der Waals surface area contributed by atoms with Crippen LogP contribution >= 0.6 is 11.8 Å². The van der Waals surface area contributed by atoms with E-state index in [1.54, 1.807) is 11.0 Å². The number of alkyl carbamates (subject to hydrolysis) is 1. The Morgan fingerprint density at radius 3 is 1.88 bits per heavy atom. The molecule has 1 saturated heterocycles. The Hall–Kier alpha value is -4.23. The molecule has 0 bridgehead atoms. The third-order valence-corrected chi connectivity index (χ3v) is 8.80. The second kappa shape index (κ2) is 15.1. The smallest absolute Gasteiger partial charge is 0.410 e. The van der Waals surface area contributed by atoms with Gasteiger partial charge >= 0.3 is 12.2 Å². The van der Waals surface area contributed by atoms with E-state index in [4.69, 9.17) is 9.47 Å². The van der Waals surface area contributed by atoms with Gasteiger partial charge in [-0.3, -0.25) is 0 Å². The van der Waals surface area contributed by atoms with Gasteiger partial charge in [-0.25, -0.2) is 9.59 Å². The van der Waals surface area contributed by atoms with Gasteiger partial charge in [0.15, 0.2) is 0 Å². The molecule has 42 heavy (non-hydrogen) atoms. The molecule has 4 rings (SSSR count). The van der Waals surface area contributed by atoms with E-state index in [2.05, 4.69) is 91.3 Å². The molecule has 0 radical (unpaired) electrons. The molecule has 0 unspecified atom stereocenters. The minimum absolute atomic E-state index is 0.0847. The Morgan fingerprint density at radius 1 is 0.881 bits per heavy atom. The van der Waals surface area contributed by atoms with E-state index in [0.29, 0.717) is 13.1 Å². The van der Waals surface area contributed by atoms with Crippen molar-refractivity contribution in [2.45, 2.75) is 29.4 Å². The van der Waals surface area contributed by atoms with Crippen molar-refractivity contribution in [3.05, 3.63) is 145 Å². The van der Waals surface area contributed by atoms with Crippen LogP contribution in [0.25, 0.3) is 0 Å². The van der Waals surface area contributed by atoms with Gasteiger partial charge in [0.2, 0.25) is 0 Å². The average molecular weight is 583 g/mol. The maximum atomic E-state index is 13.2. The number of rotatable bonds is 12. The van der Waals surface area contributed by atoms with Crippen LogP contribution in [0.15, 0.2) is 128 Å². The number of hydrogen-bond acceptors (Lipinski definition) is 5. The molecule has 218 valence electrons. The molecular weight excluding hydrogens is 544 g/mol. The fourth-order valence-corrected chi connectivity index (χ4v) is 7.09. The lowest BCUT2D eigenvalue weighted by Crippen LogP contribution is -2.36. The number of carbonyl (C=O) groups excluding carboxylic acids is 2. The summed E-state index contributed by atoms with van der Waals surface area (Å²) < 4.78 is 10.0. The van der Waals surface area contributed by atoms with Crippen LogP contribution in [0.1, 0.15) is 30.0 Å². The van der Waals surface area contributed by atoms with Crippen LogP contribution in [-0.4, -0.2) is 54.7 Å². The highest BCUT2D eigenvalue weighted by molar-refractivity contribution is 8.01. The minimum Gasteiger partial charge on any atom is -0.445 e. The van der Waals surface area contributed by atoms with Gasteiger partial charge in [0.1, 0.15) is 13.2 Å². The molecule has 3 aromatic carbocycles. The van der Waals surface area contributed by atoms with Crippen LogP contribution in [0.2, 0.25) is 0 Å². The van der Waals surface area contributed by atoms with E-state index >= 15 is 0 Å². The summed E-state index contributed by atoms with van der Waals surface area (Å²) in [7, 11) is 0. The van der Waals surface area contributed by atoms with Crippen LogP contribution in [0.5, 0.6) is 0 Å². The quantitative estimate of drug-likeness (QED) is 0.179.